The van der Waals surface area contributed by atoms with Gasteiger partial charge in [-0.15, -0.1) is 0 Å². The number of hydrogen-bond donors (Lipinski definition) is 0. The first-order chi connectivity index (χ1) is 64.7. The maximum absolute atomic E-state index is 11.4. The lowest BCUT2D eigenvalue weighted by Crippen LogP contribution is -2.45. The molecule has 140 heavy (non-hydrogen) atoms. The molecule has 3 fully saturated rings. The maximum Gasteiger partial charge on any atom is 0.257 e. The van der Waals surface area contributed by atoms with Crippen molar-refractivity contribution in [2.45, 2.75) is 421 Å². The third kappa shape index (κ3) is 50.3. The lowest BCUT2D eigenvalue weighted by atomic mass is 9.88. The Hall–Kier alpha value is -9.71. The monoisotopic (exact) mass is 1940 g/mol. The second-order valence-corrected chi connectivity index (χ2v) is 46.0. The highest BCUT2D eigenvalue weighted by Crippen LogP contribution is 2.32. The van der Waals surface area contributed by atoms with Crippen molar-refractivity contribution >= 4 is 29.5 Å². The van der Waals surface area contributed by atoms with Crippen LogP contribution in [0.2, 0.25) is 0 Å². The van der Waals surface area contributed by atoms with E-state index < -0.39 is 11.1 Å². The van der Waals surface area contributed by atoms with E-state index in [0.717, 1.165) is 18.1 Å². The molecule has 5 amide bonds. The third-order valence-corrected chi connectivity index (χ3v) is 22.5. The number of imidazole rings is 1. The Bertz CT molecular complexity index is 4370. The standard InChI is InChI=1S/C14H24N2.2C13H23N3.C9H13NO2.3C9H13N.C8H12N2.C8H11NO2.C8H13NO.C7H12N2.5C2H6/c1-14(2,3)12-5-10-16(11-12)13-6-8-15(4)9-7-13;1-13(2,3)11-9-14-16(10-11)12-5-7-15(4)8-6-12;1-13(2,3)12-9-16(10-14-12)11-5-7-15(4)8-6-11;1-6-5-7(11)10(8(6)12)9(2,3)4;1-9(2,3)8-4-6-10-7-5-8;1-9(2,3)8-5-4-6-10-7-8;1-9(2,3)8-6-4-5-7-10-8;1-8(2,3)7-9-5-4-6-10-7;1-8(2,3)9-6(10)4-5-7(9)11;1-8(2,3)9-6-4-5-7(9)10;1-7(2,3)9-6-4-5-8-9;5*1-2/h5,10-11,13H,6-9H2,1-4H3;9-10,12H,5-8H2,1-4H3;9-11H,5-8H2,1-4H3;5H,1-4H3;3*4-7H,1-3H3;4-6H,1-3H3;4-5H,1-3H3;4-5H,6H2,1-3H3;4-6H,1-3H3;5*1-2H3. The number of carbonyl (C=O) groups excluding carboxylic acids is 5. The van der Waals surface area contributed by atoms with Gasteiger partial charge in [0.1, 0.15) is 5.82 Å². The number of piperidine rings is 3. The van der Waals surface area contributed by atoms with E-state index in [-0.39, 0.29) is 78.5 Å². The minimum Gasteiger partial charge on any atom is -0.351 e. The molecule has 0 aliphatic carbocycles. The first-order valence-electron chi connectivity index (χ1n) is 51.6. The summed E-state index contributed by atoms with van der Waals surface area (Å²) in [6.07, 6.45) is 44.7. The molecule has 0 radical (unpaired) electrons. The summed E-state index contributed by atoms with van der Waals surface area (Å²) in [6, 6.07) is 22.2. The largest absolute Gasteiger partial charge is 0.351 e. The summed E-state index contributed by atoms with van der Waals surface area (Å²) in [5.74, 6) is 0.213. The van der Waals surface area contributed by atoms with Gasteiger partial charge in [-0.25, -0.2) is 15.0 Å². The van der Waals surface area contributed by atoms with Crippen molar-refractivity contribution in [1.29, 1.82) is 0 Å². The number of carbonyl (C=O) groups is 5. The predicted octanol–water partition coefficient (Wildman–Crippen LogP) is 26.6. The number of pyridine rings is 3. The number of nitrogens with zero attached hydrogens (tertiary/aromatic N) is 18. The summed E-state index contributed by atoms with van der Waals surface area (Å²) in [5.41, 5.74) is 8.95. The van der Waals surface area contributed by atoms with E-state index >= 15 is 0 Å². The van der Waals surface area contributed by atoms with Crippen LogP contribution in [0.4, 0.5) is 0 Å². The van der Waals surface area contributed by atoms with Gasteiger partial charge in [0.05, 0.1) is 29.8 Å². The highest BCUT2D eigenvalue weighted by atomic mass is 16.2. The van der Waals surface area contributed by atoms with Crippen LogP contribution in [0.1, 0.15) is 401 Å². The van der Waals surface area contributed by atoms with Crippen LogP contribution in [0, 0.1) is 0 Å². The van der Waals surface area contributed by atoms with Gasteiger partial charge in [-0.05, 0) is 281 Å². The molecule has 3 saturated heterocycles. The molecule has 6 aliphatic heterocycles. The third-order valence-electron chi connectivity index (χ3n) is 22.5. The molecule has 14 rings (SSSR count). The predicted molar refractivity (Wildman–Crippen MR) is 593 cm³/mol. The quantitative estimate of drug-likeness (QED) is 0.150. The molecule has 0 bridgehead atoms. The molecule has 23 nitrogen and oxygen atoms in total. The molecule has 14 heterocycles. The van der Waals surface area contributed by atoms with Crippen molar-refractivity contribution in [3.05, 3.63) is 229 Å². The Balaban J connectivity index is 0. The van der Waals surface area contributed by atoms with E-state index in [1.165, 1.54) is 134 Å². The Morgan fingerprint density at radius 2 is 0.771 bits per heavy atom. The number of aromatic nitrogens is 12. The Morgan fingerprint density at radius 3 is 1.05 bits per heavy atom. The zero-order valence-electron chi connectivity index (χ0n) is 97.3. The molecule has 8 aromatic heterocycles. The number of amides is 5. The van der Waals surface area contributed by atoms with Crippen molar-refractivity contribution in [3.63, 3.8) is 0 Å². The fourth-order valence-corrected chi connectivity index (χ4v) is 13.9. The van der Waals surface area contributed by atoms with E-state index in [2.05, 4.69) is 311 Å². The second kappa shape index (κ2) is 62.0. The number of hydrogen-bond acceptors (Lipinski definition) is 16. The smallest absolute Gasteiger partial charge is 0.257 e. The minimum atomic E-state index is -0.414. The van der Waals surface area contributed by atoms with E-state index in [1.807, 2.05) is 221 Å². The highest BCUT2D eigenvalue weighted by Gasteiger charge is 2.38. The first kappa shape index (κ1) is 132. The number of imide groups is 2. The van der Waals surface area contributed by atoms with Crippen LogP contribution in [0.25, 0.3) is 0 Å². The molecule has 0 aromatic carbocycles. The lowest BCUT2D eigenvalue weighted by Gasteiger charge is -2.31. The Morgan fingerprint density at radius 1 is 0.321 bits per heavy atom. The minimum absolute atomic E-state index is 0.0272. The fourth-order valence-electron chi connectivity index (χ4n) is 13.9. The molecule has 788 valence electrons. The lowest BCUT2D eigenvalue weighted by molar-refractivity contribution is -0.144. The van der Waals surface area contributed by atoms with Gasteiger partial charge in [-0.3, -0.25) is 58.1 Å². The van der Waals surface area contributed by atoms with E-state index in [0.29, 0.717) is 23.7 Å². The second-order valence-electron chi connectivity index (χ2n) is 46.0. The van der Waals surface area contributed by atoms with Gasteiger partial charge in [0, 0.05) is 168 Å². The Labute approximate surface area is 854 Å². The van der Waals surface area contributed by atoms with Crippen LogP contribution in [-0.2, 0) is 67.4 Å². The summed E-state index contributed by atoms with van der Waals surface area (Å²) < 4.78 is 8.85. The maximum atomic E-state index is 11.4. The molecule has 6 aliphatic rings. The zero-order valence-corrected chi connectivity index (χ0v) is 97.3. The zero-order chi connectivity index (χ0) is 109. The molecular weight excluding hydrogens is 1740 g/mol. The fraction of sp³-hybridized carbons (Fsp3) is 0.632. The molecule has 8 aromatic rings. The van der Waals surface area contributed by atoms with Crippen molar-refractivity contribution in [2.24, 2.45) is 0 Å². The van der Waals surface area contributed by atoms with Crippen LogP contribution in [0.3, 0.4) is 0 Å². The van der Waals surface area contributed by atoms with Gasteiger partial charge in [-0.1, -0.05) is 233 Å². The van der Waals surface area contributed by atoms with Gasteiger partial charge >= 0.3 is 0 Å². The van der Waals surface area contributed by atoms with Crippen LogP contribution >= 0.6 is 0 Å². The summed E-state index contributed by atoms with van der Waals surface area (Å²) in [5, 5.41) is 8.63. The van der Waals surface area contributed by atoms with Crippen molar-refractivity contribution < 1.29 is 24.0 Å². The van der Waals surface area contributed by atoms with Gasteiger partial charge in [0.2, 0.25) is 5.91 Å². The molecule has 0 spiro atoms. The average Bonchev–Trinajstić information content (AvgIpc) is 2.34. The SMILES string of the molecule is CC.CC.CC.CC.CC.CC(C)(C)N1C(=O)C=CC1=O.CC(C)(C)N1CC=CC1=O.CC(C)(C)c1ccccn1.CC(C)(C)c1cccnc1.CC(C)(C)c1ccncc1.CC(C)(C)c1ncccn1.CC(C)(C)n1cccn1.CC1=CC(=O)N(C(C)(C)C)C1=O.CN1CCC(n2cc(C(C)(C)C)cn2)CC1.CN1CCC(n2ccc(C(C)(C)C)c2)CC1.CN1CCC(n2cnc(C(C)(C)C)c2)CC1. The van der Waals surface area contributed by atoms with Crippen molar-refractivity contribution in [1.82, 2.24) is 88.0 Å². The Kier molecular flexibility index (Phi) is 58.6. The summed E-state index contributed by atoms with van der Waals surface area (Å²) in [4.78, 5) is 92.5. The van der Waals surface area contributed by atoms with E-state index in [1.54, 1.807) is 37.8 Å². The first-order valence-corrected chi connectivity index (χ1v) is 51.6. The molecule has 0 unspecified atom stereocenters. The molecule has 0 N–H and O–H groups in total. The highest BCUT2D eigenvalue weighted by molar-refractivity contribution is 6.16. The van der Waals surface area contributed by atoms with Crippen LogP contribution < -0.4 is 0 Å². The van der Waals surface area contributed by atoms with Crippen molar-refractivity contribution in [3.8, 4) is 0 Å². The molecule has 23 heteroatoms. The summed E-state index contributed by atoms with van der Waals surface area (Å²) >= 11 is 0. The summed E-state index contributed by atoms with van der Waals surface area (Å²) in [6.45, 7) is 99.3. The molecule has 0 atom stereocenters. The van der Waals surface area contributed by atoms with Crippen LogP contribution in [0.5, 0.6) is 0 Å². The summed E-state index contributed by atoms with van der Waals surface area (Å²) in [7, 11) is 6.61. The average molecular weight is 1940 g/mol. The van der Waals surface area contributed by atoms with Gasteiger partial charge in [0.15, 0.2) is 0 Å². The van der Waals surface area contributed by atoms with Gasteiger partial charge in [0.25, 0.3) is 23.6 Å². The number of likely N-dealkylation sites (tertiary alicyclic amines) is 3. The van der Waals surface area contributed by atoms with E-state index in [9.17, 15) is 24.0 Å². The van der Waals surface area contributed by atoms with Gasteiger partial charge < -0.3 is 28.7 Å². The number of rotatable bonds is 3. The molecule has 0 saturated carbocycles. The van der Waals surface area contributed by atoms with E-state index in [4.69, 9.17) is 0 Å². The van der Waals surface area contributed by atoms with Crippen LogP contribution in [-0.4, -0.2) is 201 Å². The van der Waals surface area contributed by atoms with Gasteiger partial charge in [-0.2, -0.15) is 10.2 Å². The van der Waals surface area contributed by atoms with Crippen LogP contribution in [0.15, 0.2) is 190 Å². The molecular formula is C117H200N18O5. The topological polar surface area (TPSA) is 228 Å². The van der Waals surface area contributed by atoms with Crippen molar-refractivity contribution in [2.75, 3.05) is 67.0 Å². The normalized spacial score (nSPS) is 15.6.